The molecule has 0 spiro atoms. The van der Waals surface area contributed by atoms with Crippen molar-refractivity contribution in [2.45, 2.75) is 25.3 Å². The zero-order valence-corrected chi connectivity index (χ0v) is 15.0. The van der Waals surface area contributed by atoms with Gasteiger partial charge in [-0.25, -0.2) is 4.68 Å². The van der Waals surface area contributed by atoms with Crippen LogP contribution in [0.3, 0.4) is 0 Å². The Kier molecular flexibility index (Phi) is 3.75. The summed E-state index contributed by atoms with van der Waals surface area (Å²) in [6.45, 7) is 0. The number of nitrogens with zero attached hydrogens (tertiary/aromatic N) is 2. The molecule has 1 unspecified atom stereocenters. The second-order valence-corrected chi connectivity index (χ2v) is 7.32. The number of halogens is 3. The Hall–Kier alpha value is -1.30. The average Bonchev–Trinajstić information content (AvgIpc) is 2.90. The molecule has 4 rings (SSSR count). The van der Waals surface area contributed by atoms with Crippen molar-refractivity contribution in [1.29, 1.82) is 0 Å². The lowest BCUT2D eigenvalue weighted by atomic mass is 9.85. The van der Waals surface area contributed by atoms with E-state index in [0.717, 1.165) is 40.0 Å². The van der Waals surface area contributed by atoms with Crippen molar-refractivity contribution < 1.29 is 4.79 Å². The van der Waals surface area contributed by atoms with E-state index in [1.54, 1.807) is 12.3 Å². The fourth-order valence-corrected chi connectivity index (χ4v) is 3.90. The van der Waals surface area contributed by atoms with Gasteiger partial charge in [0.15, 0.2) is 5.78 Å². The quantitative estimate of drug-likeness (QED) is 0.718. The predicted molar refractivity (Wildman–Crippen MR) is 94.0 cm³/mol. The van der Waals surface area contributed by atoms with Gasteiger partial charge in [-0.15, -0.1) is 0 Å². The third kappa shape index (κ3) is 2.42. The summed E-state index contributed by atoms with van der Waals surface area (Å²) >= 11 is 15.7. The fourth-order valence-electron chi connectivity index (χ4n) is 3.22. The molecule has 0 saturated heterocycles. The molecule has 0 radical (unpaired) electrons. The van der Waals surface area contributed by atoms with Crippen LogP contribution in [0.4, 0.5) is 5.82 Å². The fraction of sp³-hybridized carbons (Fsp3) is 0.250. The van der Waals surface area contributed by atoms with Crippen LogP contribution in [0.15, 0.2) is 40.1 Å². The highest BCUT2D eigenvalue weighted by molar-refractivity contribution is 9.10. The molecule has 0 saturated carbocycles. The van der Waals surface area contributed by atoms with Gasteiger partial charge in [0.05, 0.1) is 20.7 Å². The van der Waals surface area contributed by atoms with Crippen molar-refractivity contribution in [2.75, 3.05) is 5.32 Å². The van der Waals surface area contributed by atoms with E-state index in [1.807, 2.05) is 16.8 Å². The lowest BCUT2D eigenvalue weighted by Gasteiger charge is -2.33. The van der Waals surface area contributed by atoms with Crippen LogP contribution in [0.5, 0.6) is 0 Å². The Morgan fingerprint density at radius 1 is 1.26 bits per heavy atom. The number of ketones is 1. The second-order valence-electron chi connectivity index (χ2n) is 5.66. The molecule has 2 aliphatic rings. The van der Waals surface area contributed by atoms with Crippen LogP contribution in [0.1, 0.15) is 30.9 Å². The third-order valence-electron chi connectivity index (χ3n) is 4.25. The molecule has 1 atom stereocenters. The highest BCUT2D eigenvalue weighted by Crippen LogP contribution is 2.43. The number of carbonyl (C=O) groups excluding carboxylic acids is 1. The van der Waals surface area contributed by atoms with Crippen LogP contribution in [0.25, 0.3) is 0 Å². The predicted octanol–water partition coefficient (Wildman–Crippen LogP) is 4.97. The zero-order valence-electron chi connectivity index (χ0n) is 11.9. The summed E-state index contributed by atoms with van der Waals surface area (Å²) in [4.78, 5) is 12.6. The molecule has 23 heavy (non-hydrogen) atoms. The first kappa shape index (κ1) is 15.2. The van der Waals surface area contributed by atoms with E-state index in [-0.39, 0.29) is 11.8 Å². The maximum absolute atomic E-state index is 12.6. The van der Waals surface area contributed by atoms with Crippen molar-refractivity contribution in [3.8, 4) is 0 Å². The SMILES string of the molecule is O=C1CCCC2=C1C(c1ccc(Cl)c(Cl)c1)n1ncc(Br)c1N2. The van der Waals surface area contributed by atoms with Crippen LogP contribution in [0, 0.1) is 0 Å². The summed E-state index contributed by atoms with van der Waals surface area (Å²) in [5.74, 6) is 1.02. The topological polar surface area (TPSA) is 46.9 Å². The van der Waals surface area contributed by atoms with Crippen molar-refractivity contribution in [3.05, 3.63) is 55.7 Å². The summed E-state index contributed by atoms with van der Waals surface area (Å²) in [5, 5.41) is 8.76. The molecule has 1 aliphatic heterocycles. The first-order chi connectivity index (χ1) is 11.1. The minimum Gasteiger partial charge on any atom is -0.343 e. The van der Waals surface area contributed by atoms with E-state index in [4.69, 9.17) is 23.2 Å². The maximum atomic E-state index is 12.6. The first-order valence-electron chi connectivity index (χ1n) is 7.27. The number of Topliss-reactive ketones (excluding diaryl/α,β-unsaturated/α-hetero) is 1. The van der Waals surface area contributed by atoms with Gasteiger partial charge in [-0.3, -0.25) is 4.79 Å². The van der Waals surface area contributed by atoms with E-state index >= 15 is 0 Å². The molecule has 1 aromatic carbocycles. The highest BCUT2D eigenvalue weighted by atomic mass is 79.9. The van der Waals surface area contributed by atoms with Crippen molar-refractivity contribution >= 4 is 50.7 Å². The highest BCUT2D eigenvalue weighted by Gasteiger charge is 2.36. The molecule has 0 bridgehead atoms. The Morgan fingerprint density at radius 3 is 2.87 bits per heavy atom. The Labute approximate surface area is 151 Å². The summed E-state index contributed by atoms with van der Waals surface area (Å²) in [6.07, 6.45) is 4.02. The number of hydrogen-bond acceptors (Lipinski definition) is 3. The van der Waals surface area contributed by atoms with Gasteiger partial charge < -0.3 is 5.32 Å². The van der Waals surface area contributed by atoms with Crippen molar-refractivity contribution in [3.63, 3.8) is 0 Å². The lowest BCUT2D eigenvalue weighted by molar-refractivity contribution is -0.116. The van der Waals surface area contributed by atoms with Gasteiger partial charge >= 0.3 is 0 Å². The van der Waals surface area contributed by atoms with E-state index in [1.165, 1.54) is 0 Å². The number of anilines is 1. The molecule has 0 amide bonds. The van der Waals surface area contributed by atoms with Gasteiger partial charge in [0.2, 0.25) is 0 Å². The van der Waals surface area contributed by atoms with Gasteiger partial charge in [-0.05, 0) is 46.5 Å². The van der Waals surface area contributed by atoms with E-state index in [9.17, 15) is 4.79 Å². The van der Waals surface area contributed by atoms with Crippen LogP contribution in [-0.4, -0.2) is 15.6 Å². The average molecular weight is 413 g/mol. The number of carbonyl (C=O) groups is 1. The number of hydrogen-bond donors (Lipinski definition) is 1. The molecule has 0 fully saturated rings. The Morgan fingerprint density at radius 2 is 2.09 bits per heavy atom. The molecule has 1 aromatic heterocycles. The van der Waals surface area contributed by atoms with Crippen LogP contribution >= 0.6 is 39.1 Å². The van der Waals surface area contributed by atoms with E-state index < -0.39 is 0 Å². The van der Waals surface area contributed by atoms with E-state index in [2.05, 4.69) is 26.3 Å². The molecule has 7 heteroatoms. The molecule has 2 heterocycles. The molecule has 1 aliphatic carbocycles. The number of allylic oxidation sites excluding steroid dienone is 2. The number of fused-ring (bicyclic) bond motifs is 1. The van der Waals surface area contributed by atoms with Gasteiger partial charge in [-0.2, -0.15) is 5.10 Å². The molecule has 4 nitrogen and oxygen atoms in total. The van der Waals surface area contributed by atoms with Crippen molar-refractivity contribution in [2.24, 2.45) is 0 Å². The van der Waals surface area contributed by atoms with Gasteiger partial charge in [0.25, 0.3) is 0 Å². The maximum Gasteiger partial charge on any atom is 0.163 e. The van der Waals surface area contributed by atoms with E-state index in [0.29, 0.717) is 16.5 Å². The number of benzene rings is 1. The smallest absolute Gasteiger partial charge is 0.163 e. The number of aromatic nitrogens is 2. The molecule has 1 N–H and O–H groups in total. The molecular weight excluding hydrogens is 401 g/mol. The zero-order chi connectivity index (χ0) is 16.1. The normalized spacial score (nSPS) is 20.1. The molecule has 118 valence electrons. The monoisotopic (exact) mass is 411 g/mol. The minimum atomic E-state index is -0.282. The summed E-state index contributed by atoms with van der Waals surface area (Å²) < 4.78 is 2.69. The number of nitrogens with one attached hydrogen (secondary N) is 1. The third-order valence-corrected chi connectivity index (χ3v) is 5.57. The van der Waals surface area contributed by atoms with Gasteiger partial charge in [0, 0.05) is 17.7 Å². The second kappa shape index (κ2) is 5.65. The Bertz CT molecular complexity index is 859. The molecule has 2 aromatic rings. The summed E-state index contributed by atoms with van der Waals surface area (Å²) in [6, 6.07) is 5.18. The van der Waals surface area contributed by atoms with Crippen molar-refractivity contribution in [1.82, 2.24) is 9.78 Å². The van der Waals surface area contributed by atoms with Crippen LogP contribution < -0.4 is 5.32 Å². The van der Waals surface area contributed by atoms with Crippen LogP contribution in [0.2, 0.25) is 10.0 Å². The largest absolute Gasteiger partial charge is 0.343 e. The standard InChI is InChI=1S/C16H12BrCl2N3O/c17-9-7-20-22-15(8-4-5-10(18)11(19)6-8)14-12(21-16(9)22)2-1-3-13(14)23/h4-7,15,21H,1-3H2. The minimum absolute atomic E-state index is 0.159. The Balaban J connectivity index is 1.94. The lowest BCUT2D eigenvalue weighted by Crippen LogP contribution is -2.31. The van der Waals surface area contributed by atoms with Gasteiger partial charge in [0.1, 0.15) is 11.9 Å². The van der Waals surface area contributed by atoms with Gasteiger partial charge in [-0.1, -0.05) is 29.3 Å². The first-order valence-corrected chi connectivity index (χ1v) is 8.82. The summed E-state index contributed by atoms with van der Waals surface area (Å²) in [7, 11) is 0. The number of rotatable bonds is 1. The van der Waals surface area contributed by atoms with Crippen LogP contribution in [-0.2, 0) is 4.79 Å². The molecular formula is C16H12BrCl2N3O. The summed E-state index contributed by atoms with van der Waals surface area (Å²) in [5.41, 5.74) is 2.66.